The predicted molar refractivity (Wildman–Crippen MR) is 74.0 cm³/mol. The van der Waals surface area contributed by atoms with Gasteiger partial charge in [-0.3, -0.25) is 4.90 Å². The zero-order chi connectivity index (χ0) is 15.1. The molecule has 7 nitrogen and oxygen atoms in total. The number of morpholine rings is 1. The Morgan fingerprint density at radius 3 is 2.86 bits per heavy atom. The number of rotatable bonds is 4. The maximum atomic E-state index is 11.6. The Labute approximate surface area is 122 Å². The molecule has 7 heteroatoms. The van der Waals surface area contributed by atoms with E-state index in [9.17, 15) is 9.59 Å². The molecule has 114 valence electrons. The molecule has 2 N–H and O–H groups in total. The van der Waals surface area contributed by atoms with Crippen LogP contribution in [0.2, 0.25) is 0 Å². The average Bonchev–Trinajstić information content (AvgIpc) is 2.52. The van der Waals surface area contributed by atoms with Crippen LogP contribution >= 0.6 is 0 Å². The maximum Gasteiger partial charge on any atom is 0.407 e. The number of hydrogen-bond donors (Lipinski definition) is 2. The predicted octanol–water partition coefficient (Wildman–Crippen LogP) is 1.29. The zero-order valence-electron chi connectivity index (χ0n) is 11.5. The molecule has 1 saturated heterocycles. The monoisotopic (exact) mass is 294 g/mol. The topological polar surface area (TPSA) is 88.1 Å². The molecule has 0 aliphatic carbocycles. The lowest BCUT2D eigenvalue weighted by molar-refractivity contribution is 0.000261. The van der Waals surface area contributed by atoms with E-state index in [1.54, 1.807) is 0 Å². The van der Waals surface area contributed by atoms with Crippen LogP contribution in [0.3, 0.4) is 0 Å². The number of carboxylic acid groups (broad SMARTS) is 1. The summed E-state index contributed by atoms with van der Waals surface area (Å²) in [5, 5.41) is 11.6. The van der Waals surface area contributed by atoms with Crippen LogP contribution in [0.5, 0.6) is 0 Å². The van der Waals surface area contributed by atoms with Crippen LogP contribution in [0.1, 0.15) is 5.56 Å². The van der Waals surface area contributed by atoms with Gasteiger partial charge in [0.15, 0.2) is 0 Å². The van der Waals surface area contributed by atoms with Crippen LogP contribution in [0.25, 0.3) is 0 Å². The Morgan fingerprint density at radius 2 is 2.14 bits per heavy atom. The highest BCUT2D eigenvalue weighted by Gasteiger charge is 2.27. The first-order valence-corrected chi connectivity index (χ1v) is 6.68. The van der Waals surface area contributed by atoms with Crippen LogP contribution in [0, 0.1) is 0 Å². The normalized spacial score (nSPS) is 18.1. The van der Waals surface area contributed by atoms with Gasteiger partial charge in [-0.15, -0.1) is 0 Å². The molecule has 1 unspecified atom stereocenters. The lowest BCUT2D eigenvalue weighted by Gasteiger charge is -2.33. The van der Waals surface area contributed by atoms with Crippen LogP contribution < -0.4 is 5.32 Å². The number of ether oxygens (including phenoxy) is 2. The number of nitrogens with zero attached hydrogens (tertiary/aromatic N) is 1. The molecule has 1 fully saturated rings. The Morgan fingerprint density at radius 1 is 1.38 bits per heavy atom. The Balaban J connectivity index is 1.74. The van der Waals surface area contributed by atoms with Gasteiger partial charge in [0.2, 0.25) is 0 Å². The third-order valence-corrected chi connectivity index (χ3v) is 3.17. The number of carbonyl (C=O) groups is 2. The fourth-order valence-electron chi connectivity index (χ4n) is 2.05. The second-order valence-electron chi connectivity index (χ2n) is 4.65. The first kappa shape index (κ1) is 15.1. The second kappa shape index (κ2) is 7.49. The quantitative estimate of drug-likeness (QED) is 0.873. The van der Waals surface area contributed by atoms with Crippen molar-refractivity contribution in [2.24, 2.45) is 0 Å². The summed E-state index contributed by atoms with van der Waals surface area (Å²) >= 11 is 0. The molecule has 1 aromatic carbocycles. The van der Waals surface area contributed by atoms with E-state index in [2.05, 4.69) is 5.32 Å². The van der Waals surface area contributed by atoms with E-state index in [0.717, 1.165) is 5.56 Å². The van der Waals surface area contributed by atoms with Gasteiger partial charge in [0, 0.05) is 13.1 Å². The van der Waals surface area contributed by atoms with Crippen molar-refractivity contribution in [1.82, 2.24) is 10.2 Å². The summed E-state index contributed by atoms with van der Waals surface area (Å²) in [6.07, 6.45) is -1.59. The van der Waals surface area contributed by atoms with Gasteiger partial charge in [0.1, 0.15) is 6.61 Å². The minimum absolute atomic E-state index is 0.167. The molecule has 1 heterocycles. The number of amides is 2. The van der Waals surface area contributed by atoms with Crippen molar-refractivity contribution in [3.8, 4) is 0 Å². The van der Waals surface area contributed by atoms with E-state index in [-0.39, 0.29) is 25.8 Å². The second-order valence-corrected chi connectivity index (χ2v) is 4.65. The third-order valence-electron chi connectivity index (χ3n) is 3.17. The fraction of sp³-hybridized carbons (Fsp3) is 0.429. The number of hydrogen-bond acceptors (Lipinski definition) is 4. The number of alkyl carbamates (subject to hydrolysis) is 1. The highest BCUT2D eigenvalue weighted by molar-refractivity contribution is 5.68. The van der Waals surface area contributed by atoms with Crippen LogP contribution in [0.4, 0.5) is 9.59 Å². The van der Waals surface area contributed by atoms with Crippen molar-refractivity contribution in [3.05, 3.63) is 35.9 Å². The van der Waals surface area contributed by atoms with Gasteiger partial charge < -0.3 is 19.9 Å². The van der Waals surface area contributed by atoms with Gasteiger partial charge in [-0.2, -0.15) is 0 Å². The van der Waals surface area contributed by atoms with Gasteiger partial charge >= 0.3 is 12.2 Å². The van der Waals surface area contributed by atoms with Crippen LogP contribution in [-0.4, -0.2) is 54.5 Å². The van der Waals surface area contributed by atoms with Crippen molar-refractivity contribution < 1.29 is 24.2 Å². The third kappa shape index (κ3) is 4.64. The van der Waals surface area contributed by atoms with Gasteiger partial charge in [0.05, 0.1) is 19.3 Å². The lowest BCUT2D eigenvalue weighted by Crippen LogP contribution is -2.53. The summed E-state index contributed by atoms with van der Waals surface area (Å²) in [4.78, 5) is 23.9. The van der Waals surface area contributed by atoms with E-state index in [1.807, 2.05) is 30.3 Å². The largest absolute Gasteiger partial charge is 0.465 e. The lowest BCUT2D eigenvalue weighted by atomic mass is 10.2. The number of nitrogens with one attached hydrogen (secondary N) is 1. The standard InChI is InChI=1S/C14H18N2O5/c17-13(21-9-11-4-2-1-3-5-11)15-8-12-10-20-7-6-16(12)14(18)19/h1-5,12H,6-10H2,(H,15,17)(H,18,19). The zero-order valence-corrected chi connectivity index (χ0v) is 11.5. The molecule has 2 rings (SSSR count). The van der Waals surface area contributed by atoms with Crippen LogP contribution in [-0.2, 0) is 16.1 Å². The van der Waals surface area contributed by atoms with E-state index in [4.69, 9.17) is 14.6 Å². The van der Waals surface area contributed by atoms with Gasteiger partial charge in [0.25, 0.3) is 0 Å². The molecule has 0 saturated carbocycles. The number of benzene rings is 1. The van der Waals surface area contributed by atoms with E-state index in [0.29, 0.717) is 13.2 Å². The first-order chi connectivity index (χ1) is 10.2. The first-order valence-electron chi connectivity index (χ1n) is 6.68. The Bertz CT molecular complexity index is 480. The molecule has 1 aliphatic heterocycles. The van der Waals surface area contributed by atoms with Gasteiger partial charge in [-0.05, 0) is 5.56 Å². The molecule has 0 spiro atoms. The summed E-state index contributed by atoms with van der Waals surface area (Å²) in [6, 6.07) is 8.93. The summed E-state index contributed by atoms with van der Waals surface area (Å²) in [7, 11) is 0. The van der Waals surface area contributed by atoms with Crippen molar-refractivity contribution in [2.45, 2.75) is 12.6 Å². The SMILES string of the molecule is O=C(NCC1COCCN1C(=O)O)OCc1ccccc1. The molecule has 0 aromatic heterocycles. The molecule has 0 bridgehead atoms. The minimum Gasteiger partial charge on any atom is -0.465 e. The molecular formula is C14H18N2O5. The van der Waals surface area contributed by atoms with Gasteiger partial charge in [-0.25, -0.2) is 9.59 Å². The number of carbonyl (C=O) groups excluding carboxylic acids is 1. The van der Waals surface area contributed by atoms with Gasteiger partial charge in [-0.1, -0.05) is 30.3 Å². The van der Waals surface area contributed by atoms with E-state index < -0.39 is 12.2 Å². The fourth-order valence-corrected chi connectivity index (χ4v) is 2.05. The molecule has 2 amide bonds. The molecule has 0 radical (unpaired) electrons. The Kier molecular flexibility index (Phi) is 5.39. The summed E-state index contributed by atoms with van der Waals surface area (Å²) < 4.78 is 10.3. The van der Waals surface area contributed by atoms with Crippen molar-refractivity contribution >= 4 is 12.2 Å². The summed E-state index contributed by atoms with van der Waals surface area (Å²) in [6.45, 7) is 1.30. The van der Waals surface area contributed by atoms with E-state index in [1.165, 1.54) is 4.90 Å². The van der Waals surface area contributed by atoms with Crippen molar-refractivity contribution in [1.29, 1.82) is 0 Å². The summed E-state index contributed by atoms with van der Waals surface area (Å²) in [5.74, 6) is 0. The van der Waals surface area contributed by atoms with Crippen molar-refractivity contribution in [2.75, 3.05) is 26.3 Å². The molecule has 1 atom stereocenters. The maximum absolute atomic E-state index is 11.6. The highest BCUT2D eigenvalue weighted by Crippen LogP contribution is 2.06. The molecule has 21 heavy (non-hydrogen) atoms. The molecule has 1 aromatic rings. The molecule has 1 aliphatic rings. The van der Waals surface area contributed by atoms with E-state index >= 15 is 0 Å². The van der Waals surface area contributed by atoms with Crippen molar-refractivity contribution in [3.63, 3.8) is 0 Å². The average molecular weight is 294 g/mol. The highest BCUT2D eigenvalue weighted by atomic mass is 16.5. The minimum atomic E-state index is -1.01. The van der Waals surface area contributed by atoms with Crippen LogP contribution in [0.15, 0.2) is 30.3 Å². The summed E-state index contributed by atoms with van der Waals surface area (Å²) in [5.41, 5.74) is 0.890. The Hall–Kier alpha value is -2.28. The molecular weight excluding hydrogens is 276 g/mol. The smallest absolute Gasteiger partial charge is 0.407 e.